The van der Waals surface area contributed by atoms with Gasteiger partial charge in [-0.25, -0.2) is 0 Å². The molecule has 1 aliphatic carbocycles. The van der Waals surface area contributed by atoms with Gasteiger partial charge in [-0.05, 0) is 25.7 Å². The molecule has 3 N–H and O–H groups in total. The highest BCUT2D eigenvalue weighted by atomic mass is 16.2. The molecule has 1 saturated carbocycles. The van der Waals surface area contributed by atoms with E-state index in [1.807, 2.05) is 0 Å². The molecule has 80 valence electrons. The summed E-state index contributed by atoms with van der Waals surface area (Å²) in [7, 11) is 0. The summed E-state index contributed by atoms with van der Waals surface area (Å²) < 4.78 is 0. The molecule has 0 aromatic rings. The molecular weight excluding hydrogens is 178 g/mol. The summed E-state index contributed by atoms with van der Waals surface area (Å²) in [4.78, 5) is 13.8. The maximum Gasteiger partial charge on any atom is 0.234 e. The number of amides is 1. The largest absolute Gasteiger partial charge is 0.352 e. The van der Waals surface area contributed by atoms with Gasteiger partial charge in [0.2, 0.25) is 5.91 Å². The number of carbonyl (C=O) groups is 1. The van der Waals surface area contributed by atoms with Crippen LogP contribution in [0.5, 0.6) is 0 Å². The molecule has 1 aliphatic heterocycles. The molecule has 2 unspecified atom stereocenters. The van der Waals surface area contributed by atoms with E-state index in [1.165, 1.54) is 12.8 Å². The third-order valence-corrected chi connectivity index (χ3v) is 3.29. The lowest BCUT2D eigenvalue weighted by molar-refractivity contribution is -0.122. The molecule has 2 bridgehead atoms. The van der Waals surface area contributed by atoms with Crippen LogP contribution in [0.3, 0.4) is 0 Å². The Bertz CT molecular complexity index is 219. The van der Waals surface area contributed by atoms with Crippen molar-refractivity contribution in [3.05, 3.63) is 0 Å². The van der Waals surface area contributed by atoms with Gasteiger partial charge in [0.25, 0.3) is 0 Å². The Morgan fingerprint density at radius 3 is 3.14 bits per heavy atom. The number of hydrogen-bond acceptors (Lipinski definition) is 3. The van der Waals surface area contributed by atoms with E-state index >= 15 is 0 Å². The van der Waals surface area contributed by atoms with E-state index in [4.69, 9.17) is 5.73 Å². The van der Waals surface area contributed by atoms with Gasteiger partial charge in [-0.3, -0.25) is 9.69 Å². The average molecular weight is 197 g/mol. The van der Waals surface area contributed by atoms with Crippen LogP contribution in [0.1, 0.15) is 25.7 Å². The Balaban J connectivity index is 2.05. The molecule has 2 rings (SSSR count). The molecule has 14 heavy (non-hydrogen) atoms. The van der Waals surface area contributed by atoms with Crippen molar-refractivity contribution in [3.63, 3.8) is 0 Å². The number of rotatable bonds is 2. The fourth-order valence-corrected chi connectivity index (χ4v) is 2.64. The first-order chi connectivity index (χ1) is 6.79. The van der Waals surface area contributed by atoms with Crippen molar-refractivity contribution < 1.29 is 4.79 Å². The first-order valence-electron chi connectivity index (χ1n) is 5.53. The van der Waals surface area contributed by atoms with Gasteiger partial charge in [-0.2, -0.15) is 0 Å². The minimum atomic E-state index is 0.174. The number of nitrogens with one attached hydrogen (secondary N) is 1. The van der Waals surface area contributed by atoms with E-state index in [0.29, 0.717) is 25.2 Å². The second kappa shape index (κ2) is 4.28. The van der Waals surface area contributed by atoms with Crippen LogP contribution in [0.15, 0.2) is 0 Å². The third kappa shape index (κ3) is 2.07. The van der Waals surface area contributed by atoms with Gasteiger partial charge in [0.15, 0.2) is 0 Å². The van der Waals surface area contributed by atoms with Gasteiger partial charge < -0.3 is 11.1 Å². The lowest BCUT2D eigenvalue weighted by Gasteiger charge is -2.32. The molecule has 0 aromatic carbocycles. The molecule has 2 atom stereocenters. The van der Waals surface area contributed by atoms with Crippen molar-refractivity contribution >= 4 is 5.91 Å². The molecule has 4 heteroatoms. The minimum Gasteiger partial charge on any atom is -0.352 e. The second-order valence-electron chi connectivity index (χ2n) is 4.34. The maximum absolute atomic E-state index is 11.5. The summed E-state index contributed by atoms with van der Waals surface area (Å²) in [5.74, 6) is 0.174. The molecule has 0 aromatic heterocycles. The van der Waals surface area contributed by atoms with Crippen LogP contribution in [0.25, 0.3) is 0 Å². The third-order valence-electron chi connectivity index (χ3n) is 3.29. The van der Waals surface area contributed by atoms with E-state index in [2.05, 4.69) is 10.2 Å². The summed E-state index contributed by atoms with van der Waals surface area (Å²) in [6.45, 7) is 2.04. The first-order valence-corrected chi connectivity index (χ1v) is 5.53. The lowest BCUT2D eigenvalue weighted by Crippen LogP contribution is -2.41. The SMILES string of the molecule is NCCN1CC(=O)NC2CCCC1C2. The standard InChI is InChI=1S/C10H19N3O/c11-4-5-13-7-10(14)12-8-2-1-3-9(13)6-8/h8-9H,1-7,11H2,(H,12,14). The number of fused-ring (bicyclic) bond motifs is 2. The van der Waals surface area contributed by atoms with Gasteiger partial charge in [-0.15, -0.1) is 0 Å². The average Bonchev–Trinajstić information content (AvgIpc) is 2.26. The zero-order valence-electron chi connectivity index (χ0n) is 8.54. The van der Waals surface area contributed by atoms with E-state index in [0.717, 1.165) is 19.4 Å². The first kappa shape index (κ1) is 9.93. The van der Waals surface area contributed by atoms with Crippen molar-refractivity contribution in [1.29, 1.82) is 0 Å². The minimum absolute atomic E-state index is 0.174. The summed E-state index contributed by atoms with van der Waals surface area (Å²) in [5.41, 5.74) is 5.55. The monoisotopic (exact) mass is 197 g/mol. The number of carbonyl (C=O) groups excluding carboxylic acids is 1. The van der Waals surface area contributed by atoms with Crippen LogP contribution in [0.2, 0.25) is 0 Å². The van der Waals surface area contributed by atoms with Crippen molar-refractivity contribution in [1.82, 2.24) is 10.2 Å². The Labute approximate surface area is 84.8 Å². The van der Waals surface area contributed by atoms with Crippen LogP contribution in [0, 0.1) is 0 Å². The molecule has 2 fully saturated rings. The highest BCUT2D eigenvalue weighted by molar-refractivity contribution is 5.78. The predicted molar refractivity (Wildman–Crippen MR) is 54.8 cm³/mol. The molecule has 0 radical (unpaired) electrons. The van der Waals surface area contributed by atoms with Crippen LogP contribution >= 0.6 is 0 Å². The summed E-state index contributed by atoms with van der Waals surface area (Å²) in [5, 5.41) is 3.08. The smallest absolute Gasteiger partial charge is 0.234 e. The summed E-state index contributed by atoms with van der Waals surface area (Å²) in [6, 6.07) is 1.00. The number of nitrogens with zero attached hydrogens (tertiary/aromatic N) is 1. The van der Waals surface area contributed by atoms with Gasteiger partial charge >= 0.3 is 0 Å². The van der Waals surface area contributed by atoms with Crippen LogP contribution < -0.4 is 11.1 Å². The molecular formula is C10H19N3O. The topological polar surface area (TPSA) is 58.4 Å². The Morgan fingerprint density at radius 1 is 1.50 bits per heavy atom. The molecule has 0 spiro atoms. The van der Waals surface area contributed by atoms with E-state index in [1.54, 1.807) is 0 Å². The maximum atomic E-state index is 11.5. The Morgan fingerprint density at radius 2 is 2.36 bits per heavy atom. The van der Waals surface area contributed by atoms with Crippen molar-refractivity contribution in [2.24, 2.45) is 5.73 Å². The molecule has 2 aliphatic rings. The van der Waals surface area contributed by atoms with Gasteiger partial charge in [0, 0.05) is 25.2 Å². The molecule has 1 saturated heterocycles. The fourth-order valence-electron chi connectivity index (χ4n) is 2.64. The zero-order valence-corrected chi connectivity index (χ0v) is 8.54. The Kier molecular flexibility index (Phi) is 3.03. The normalized spacial score (nSPS) is 33.6. The van der Waals surface area contributed by atoms with Gasteiger partial charge in [-0.1, -0.05) is 0 Å². The quantitative estimate of drug-likeness (QED) is 0.638. The number of nitrogens with two attached hydrogens (primary N) is 1. The van der Waals surface area contributed by atoms with E-state index < -0.39 is 0 Å². The number of hydrogen-bond donors (Lipinski definition) is 2. The lowest BCUT2D eigenvalue weighted by atomic mass is 9.91. The summed E-state index contributed by atoms with van der Waals surface area (Å²) >= 11 is 0. The fraction of sp³-hybridized carbons (Fsp3) is 0.900. The molecule has 1 amide bonds. The zero-order chi connectivity index (χ0) is 9.97. The van der Waals surface area contributed by atoms with Gasteiger partial charge in [0.1, 0.15) is 0 Å². The van der Waals surface area contributed by atoms with Gasteiger partial charge in [0.05, 0.1) is 6.54 Å². The van der Waals surface area contributed by atoms with Crippen molar-refractivity contribution in [3.8, 4) is 0 Å². The van der Waals surface area contributed by atoms with Crippen molar-refractivity contribution in [2.45, 2.75) is 37.8 Å². The highest BCUT2D eigenvalue weighted by Crippen LogP contribution is 2.24. The van der Waals surface area contributed by atoms with Crippen LogP contribution in [-0.4, -0.2) is 42.5 Å². The summed E-state index contributed by atoms with van der Waals surface area (Å²) in [6.07, 6.45) is 4.73. The van der Waals surface area contributed by atoms with Crippen LogP contribution in [-0.2, 0) is 4.79 Å². The van der Waals surface area contributed by atoms with E-state index in [9.17, 15) is 4.79 Å². The van der Waals surface area contributed by atoms with Crippen molar-refractivity contribution in [2.75, 3.05) is 19.6 Å². The molecule has 1 heterocycles. The molecule has 4 nitrogen and oxygen atoms in total. The highest BCUT2D eigenvalue weighted by Gasteiger charge is 2.31. The second-order valence-corrected chi connectivity index (χ2v) is 4.34. The van der Waals surface area contributed by atoms with Crippen LogP contribution in [0.4, 0.5) is 0 Å². The Hall–Kier alpha value is -0.610. The predicted octanol–water partition coefficient (Wildman–Crippen LogP) is -0.312. The van der Waals surface area contributed by atoms with E-state index in [-0.39, 0.29) is 5.91 Å².